The topological polar surface area (TPSA) is 76.7 Å². The Bertz CT molecular complexity index is 419. The van der Waals surface area contributed by atoms with Gasteiger partial charge in [-0.3, -0.25) is 9.59 Å². The Morgan fingerprint density at radius 2 is 2.00 bits per heavy atom. The number of carbonyl (C=O) groups excluding carboxylic acids is 2. The maximum atomic E-state index is 11.8. The Kier molecular flexibility index (Phi) is 6.41. The lowest BCUT2D eigenvalue weighted by Gasteiger charge is -2.44. The number of carbonyl (C=O) groups is 2. The Labute approximate surface area is 138 Å². The van der Waals surface area contributed by atoms with E-state index in [4.69, 9.17) is 9.47 Å². The number of nitrogens with one attached hydrogen (secondary N) is 2. The highest BCUT2D eigenvalue weighted by Crippen LogP contribution is 2.49. The van der Waals surface area contributed by atoms with Gasteiger partial charge in [0, 0.05) is 31.2 Å². The van der Waals surface area contributed by atoms with Crippen molar-refractivity contribution in [3.63, 3.8) is 0 Å². The third-order valence-corrected chi connectivity index (χ3v) is 4.50. The fourth-order valence-corrected chi connectivity index (χ4v) is 3.45. The van der Waals surface area contributed by atoms with Crippen molar-refractivity contribution in [1.29, 1.82) is 0 Å². The van der Waals surface area contributed by atoms with Gasteiger partial charge in [0.25, 0.3) is 0 Å². The zero-order valence-corrected chi connectivity index (χ0v) is 14.5. The molecule has 1 unspecified atom stereocenters. The zero-order valence-electron chi connectivity index (χ0n) is 14.5. The van der Waals surface area contributed by atoms with Crippen LogP contribution in [-0.2, 0) is 19.1 Å². The molecule has 1 saturated heterocycles. The van der Waals surface area contributed by atoms with Gasteiger partial charge in [-0.05, 0) is 38.5 Å². The lowest BCUT2D eigenvalue weighted by molar-refractivity contribution is -0.140. The van der Waals surface area contributed by atoms with Crippen molar-refractivity contribution < 1.29 is 19.1 Å². The molecule has 0 aromatic rings. The highest BCUT2D eigenvalue weighted by atomic mass is 16.5. The summed E-state index contributed by atoms with van der Waals surface area (Å²) in [5.41, 5.74) is 0.238. The van der Waals surface area contributed by atoms with Crippen molar-refractivity contribution in [2.24, 2.45) is 11.3 Å². The Balaban J connectivity index is 1.53. The standard InChI is InChI=1S/C17H30N2O4/c1-12(2)10-22-6-4-5-18-15(20)16(21)19-14-8-17(9-14)7-13(3)23-11-17/h12-14H,4-11H2,1-3H3,(H,18,20)(H,19,21). The quantitative estimate of drug-likeness (QED) is 0.545. The van der Waals surface area contributed by atoms with E-state index in [1.807, 2.05) is 0 Å². The molecule has 1 spiro atoms. The number of amides is 2. The molecule has 0 bridgehead atoms. The van der Waals surface area contributed by atoms with Crippen molar-refractivity contribution in [2.75, 3.05) is 26.4 Å². The molecule has 6 nitrogen and oxygen atoms in total. The molecule has 2 N–H and O–H groups in total. The summed E-state index contributed by atoms with van der Waals surface area (Å²) >= 11 is 0. The van der Waals surface area contributed by atoms with Crippen LogP contribution in [0.15, 0.2) is 0 Å². The molecule has 1 saturated carbocycles. The van der Waals surface area contributed by atoms with Crippen LogP contribution in [0.25, 0.3) is 0 Å². The maximum absolute atomic E-state index is 11.8. The van der Waals surface area contributed by atoms with E-state index in [0.717, 1.165) is 32.5 Å². The zero-order chi connectivity index (χ0) is 16.9. The summed E-state index contributed by atoms with van der Waals surface area (Å²) in [5, 5.41) is 5.45. The number of hydrogen-bond acceptors (Lipinski definition) is 4. The van der Waals surface area contributed by atoms with Crippen LogP contribution in [0.4, 0.5) is 0 Å². The van der Waals surface area contributed by atoms with E-state index < -0.39 is 11.8 Å². The number of hydrogen-bond donors (Lipinski definition) is 2. The Morgan fingerprint density at radius 1 is 1.26 bits per heavy atom. The molecule has 1 heterocycles. The summed E-state index contributed by atoms with van der Waals surface area (Å²) in [6, 6.07) is 0.108. The van der Waals surface area contributed by atoms with Gasteiger partial charge in [0.15, 0.2) is 0 Å². The highest BCUT2D eigenvalue weighted by molar-refractivity contribution is 6.35. The average Bonchev–Trinajstić information content (AvgIpc) is 2.83. The van der Waals surface area contributed by atoms with E-state index in [1.54, 1.807) is 0 Å². The summed E-state index contributed by atoms with van der Waals surface area (Å²) in [6.07, 6.45) is 3.92. The van der Waals surface area contributed by atoms with E-state index in [0.29, 0.717) is 31.6 Å². The van der Waals surface area contributed by atoms with Gasteiger partial charge >= 0.3 is 11.8 Å². The van der Waals surface area contributed by atoms with Crippen molar-refractivity contribution in [3.05, 3.63) is 0 Å². The molecule has 23 heavy (non-hydrogen) atoms. The van der Waals surface area contributed by atoms with Crippen molar-refractivity contribution >= 4 is 11.8 Å². The fraction of sp³-hybridized carbons (Fsp3) is 0.882. The lowest BCUT2D eigenvalue weighted by atomic mass is 9.64. The molecule has 1 aliphatic carbocycles. The van der Waals surface area contributed by atoms with Gasteiger partial charge in [-0.25, -0.2) is 0 Å². The van der Waals surface area contributed by atoms with E-state index in [-0.39, 0.29) is 11.5 Å². The summed E-state index contributed by atoms with van der Waals surface area (Å²) in [5.74, 6) is -0.569. The molecule has 1 atom stereocenters. The van der Waals surface area contributed by atoms with Gasteiger partial charge < -0.3 is 20.1 Å². The van der Waals surface area contributed by atoms with Crippen LogP contribution in [-0.4, -0.2) is 50.3 Å². The van der Waals surface area contributed by atoms with E-state index in [2.05, 4.69) is 31.4 Å². The van der Waals surface area contributed by atoms with Crippen LogP contribution in [0.3, 0.4) is 0 Å². The summed E-state index contributed by atoms with van der Waals surface area (Å²) in [7, 11) is 0. The monoisotopic (exact) mass is 326 g/mol. The first-order chi connectivity index (χ1) is 10.9. The average molecular weight is 326 g/mol. The van der Waals surface area contributed by atoms with Gasteiger partial charge in [0.05, 0.1) is 12.7 Å². The highest BCUT2D eigenvalue weighted by Gasteiger charge is 2.49. The fourth-order valence-electron chi connectivity index (χ4n) is 3.45. The second kappa shape index (κ2) is 8.11. The lowest BCUT2D eigenvalue weighted by Crippen LogP contribution is -2.54. The minimum atomic E-state index is -0.550. The Morgan fingerprint density at radius 3 is 2.61 bits per heavy atom. The van der Waals surface area contributed by atoms with E-state index in [9.17, 15) is 9.59 Å². The van der Waals surface area contributed by atoms with Crippen molar-refractivity contribution in [3.8, 4) is 0 Å². The summed E-state index contributed by atoms with van der Waals surface area (Å²) in [4.78, 5) is 23.6. The molecule has 0 radical (unpaired) electrons. The van der Waals surface area contributed by atoms with E-state index >= 15 is 0 Å². The SMILES string of the molecule is CC(C)COCCCNC(=O)C(=O)NC1CC2(COC(C)C2)C1. The summed E-state index contributed by atoms with van der Waals surface area (Å²) in [6.45, 7) is 8.83. The molecule has 6 heteroatoms. The summed E-state index contributed by atoms with van der Waals surface area (Å²) < 4.78 is 11.0. The number of ether oxygens (including phenoxy) is 2. The molecule has 0 aromatic heterocycles. The van der Waals surface area contributed by atoms with Crippen molar-refractivity contribution in [2.45, 2.75) is 58.6 Å². The van der Waals surface area contributed by atoms with Gasteiger partial charge in [0.1, 0.15) is 0 Å². The first-order valence-electron chi connectivity index (χ1n) is 8.68. The molecule has 2 rings (SSSR count). The first-order valence-corrected chi connectivity index (χ1v) is 8.68. The molecule has 0 aromatic carbocycles. The normalized spacial score (nSPS) is 29.6. The molecule has 2 amide bonds. The van der Waals surface area contributed by atoms with Gasteiger partial charge in [-0.15, -0.1) is 0 Å². The third kappa shape index (κ3) is 5.46. The predicted octanol–water partition coefficient (Wildman–Crippen LogP) is 1.24. The largest absolute Gasteiger partial charge is 0.381 e. The van der Waals surface area contributed by atoms with Crippen LogP contribution in [0.5, 0.6) is 0 Å². The Hall–Kier alpha value is -1.14. The minimum absolute atomic E-state index is 0.108. The smallest absolute Gasteiger partial charge is 0.309 e. The van der Waals surface area contributed by atoms with Gasteiger partial charge in [-0.1, -0.05) is 13.8 Å². The molecular weight excluding hydrogens is 296 g/mol. The maximum Gasteiger partial charge on any atom is 0.309 e. The molecule has 1 aliphatic heterocycles. The van der Waals surface area contributed by atoms with Gasteiger partial charge in [0.2, 0.25) is 0 Å². The van der Waals surface area contributed by atoms with E-state index in [1.165, 1.54) is 0 Å². The second-order valence-corrected chi connectivity index (χ2v) is 7.48. The van der Waals surface area contributed by atoms with Crippen molar-refractivity contribution in [1.82, 2.24) is 10.6 Å². The van der Waals surface area contributed by atoms with Crippen LogP contribution in [0, 0.1) is 11.3 Å². The second-order valence-electron chi connectivity index (χ2n) is 7.48. The first kappa shape index (κ1) is 18.2. The van der Waals surface area contributed by atoms with Crippen LogP contribution < -0.4 is 10.6 Å². The predicted molar refractivity (Wildman–Crippen MR) is 86.9 cm³/mol. The molecule has 2 aliphatic rings. The molecule has 2 fully saturated rings. The van der Waals surface area contributed by atoms with Crippen LogP contribution in [0.1, 0.15) is 46.5 Å². The third-order valence-electron chi connectivity index (χ3n) is 4.50. The number of rotatable bonds is 7. The van der Waals surface area contributed by atoms with Crippen LogP contribution in [0.2, 0.25) is 0 Å². The molecule has 132 valence electrons. The molecular formula is C17H30N2O4. The van der Waals surface area contributed by atoms with Crippen LogP contribution >= 0.6 is 0 Å². The van der Waals surface area contributed by atoms with Gasteiger partial charge in [-0.2, -0.15) is 0 Å². The minimum Gasteiger partial charge on any atom is -0.381 e.